The molecule has 2 heterocycles. The minimum atomic E-state index is -4.05. The minimum Gasteiger partial charge on any atom is -0.504 e. The lowest BCUT2D eigenvalue weighted by molar-refractivity contribution is 0.403. The molecule has 0 radical (unpaired) electrons. The Hall–Kier alpha value is -4.44. The number of sulfone groups is 1. The Balaban J connectivity index is 1.78. The van der Waals surface area contributed by atoms with Gasteiger partial charge in [0, 0.05) is 0 Å². The number of aromatic nitrogens is 3. The maximum Gasteiger partial charge on any atom is 0.212 e. The van der Waals surface area contributed by atoms with Crippen molar-refractivity contribution in [2.45, 2.75) is 16.7 Å². The molecular formula is C24H19N5O4S. The second-order valence-electron chi connectivity index (χ2n) is 7.72. The van der Waals surface area contributed by atoms with Crippen LogP contribution in [0.15, 0.2) is 81.6 Å². The van der Waals surface area contributed by atoms with Crippen LogP contribution in [0, 0.1) is 6.92 Å². The molecule has 0 spiro atoms. The third-order valence-corrected chi connectivity index (χ3v) is 7.18. The standard InChI is InChI=1S/C24H19N5O4S/c1-14-6-9-16(10-7-14)34(32,33)22-21-24(28-18-5-3-2-4-17(18)27-21)29(23(22)25)26-13-15-8-11-19(30)20(31)12-15/h2-13,30-31H,25H2,1H3/b26-13+. The van der Waals surface area contributed by atoms with Gasteiger partial charge in [0.25, 0.3) is 0 Å². The summed E-state index contributed by atoms with van der Waals surface area (Å²) in [6, 6.07) is 17.7. The van der Waals surface area contributed by atoms with Crippen LogP contribution >= 0.6 is 0 Å². The first-order chi connectivity index (χ1) is 16.3. The first kappa shape index (κ1) is 21.4. The Labute approximate surface area is 194 Å². The van der Waals surface area contributed by atoms with Crippen LogP contribution in [0.4, 0.5) is 5.82 Å². The second-order valence-corrected chi connectivity index (χ2v) is 9.61. The molecule has 10 heteroatoms. The van der Waals surface area contributed by atoms with Gasteiger partial charge in [-0.2, -0.15) is 9.78 Å². The van der Waals surface area contributed by atoms with E-state index >= 15 is 0 Å². The van der Waals surface area contributed by atoms with Gasteiger partial charge in [-0.25, -0.2) is 18.4 Å². The van der Waals surface area contributed by atoms with Crippen molar-refractivity contribution >= 4 is 44.1 Å². The highest BCUT2D eigenvalue weighted by Crippen LogP contribution is 2.35. The highest BCUT2D eigenvalue weighted by Gasteiger charge is 2.30. The van der Waals surface area contributed by atoms with Crippen LogP contribution in [0.3, 0.4) is 0 Å². The van der Waals surface area contributed by atoms with Crippen molar-refractivity contribution in [3.63, 3.8) is 0 Å². The van der Waals surface area contributed by atoms with Gasteiger partial charge in [0.05, 0.1) is 22.1 Å². The number of aromatic hydroxyl groups is 2. The number of nitrogens with two attached hydrogens (primary N) is 1. The van der Waals surface area contributed by atoms with Crippen LogP contribution in [-0.4, -0.2) is 39.5 Å². The lowest BCUT2D eigenvalue weighted by atomic mass is 10.2. The molecule has 0 saturated carbocycles. The van der Waals surface area contributed by atoms with Gasteiger partial charge < -0.3 is 15.9 Å². The number of phenols is 2. The van der Waals surface area contributed by atoms with Gasteiger partial charge in [0.2, 0.25) is 9.84 Å². The van der Waals surface area contributed by atoms with Crippen molar-refractivity contribution in [1.82, 2.24) is 14.6 Å². The van der Waals surface area contributed by atoms with Crippen molar-refractivity contribution in [2.75, 3.05) is 5.73 Å². The van der Waals surface area contributed by atoms with Crippen molar-refractivity contribution < 1.29 is 18.6 Å². The van der Waals surface area contributed by atoms with Crippen LogP contribution < -0.4 is 5.73 Å². The first-order valence-electron chi connectivity index (χ1n) is 10.2. The van der Waals surface area contributed by atoms with Crippen LogP contribution in [-0.2, 0) is 9.84 Å². The number of fused-ring (bicyclic) bond motifs is 2. The van der Waals surface area contributed by atoms with E-state index in [4.69, 9.17) is 5.73 Å². The highest BCUT2D eigenvalue weighted by molar-refractivity contribution is 7.92. The summed E-state index contributed by atoms with van der Waals surface area (Å²) in [7, 11) is -4.05. The van der Waals surface area contributed by atoms with Crippen LogP contribution in [0.1, 0.15) is 11.1 Å². The second kappa shape index (κ2) is 7.85. The van der Waals surface area contributed by atoms with Crippen molar-refractivity contribution in [3.8, 4) is 11.5 Å². The largest absolute Gasteiger partial charge is 0.504 e. The summed E-state index contributed by atoms with van der Waals surface area (Å²) in [4.78, 5) is 9.03. The van der Waals surface area contributed by atoms with E-state index < -0.39 is 9.84 Å². The Kier molecular flexibility index (Phi) is 4.94. The predicted octanol–water partition coefficient (Wildman–Crippen LogP) is 3.60. The normalized spacial score (nSPS) is 12.1. The van der Waals surface area contributed by atoms with Crippen LogP contribution in [0.25, 0.3) is 22.2 Å². The van der Waals surface area contributed by atoms with E-state index in [9.17, 15) is 18.6 Å². The summed E-state index contributed by atoms with van der Waals surface area (Å²) in [5, 5.41) is 23.6. The number of hydrogen-bond acceptors (Lipinski definition) is 8. The van der Waals surface area contributed by atoms with E-state index in [0.29, 0.717) is 16.6 Å². The average Bonchev–Trinajstić information content (AvgIpc) is 3.09. The minimum absolute atomic E-state index is 0.0752. The number of nitrogen functional groups attached to an aromatic ring is 1. The molecule has 5 aromatic rings. The maximum atomic E-state index is 13.6. The van der Waals surface area contributed by atoms with Gasteiger partial charge in [0.15, 0.2) is 17.1 Å². The summed E-state index contributed by atoms with van der Waals surface area (Å²) in [5.74, 6) is -0.736. The fraction of sp³-hybridized carbons (Fsp3) is 0.0417. The van der Waals surface area contributed by atoms with E-state index in [1.54, 1.807) is 36.4 Å². The summed E-state index contributed by atoms with van der Waals surface area (Å²) in [6.07, 6.45) is 1.37. The lowest BCUT2D eigenvalue weighted by Gasteiger charge is -2.05. The maximum absolute atomic E-state index is 13.6. The monoisotopic (exact) mass is 473 g/mol. The average molecular weight is 474 g/mol. The van der Waals surface area contributed by atoms with E-state index in [2.05, 4.69) is 15.1 Å². The molecule has 170 valence electrons. The molecule has 0 atom stereocenters. The number of aryl methyl sites for hydroxylation is 1. The van der Waals surface area contributed by atoms with Crippen molar-refractivity contribution in [2.24, 2.45) is 5.10 Å². The Morgan fingerprint density at radius 3 is 2.29 bits per heavy atom. The molecule has 9 nitrogen and oxygen atoms in total. The number of anilines is 1. The fourth-order valence-electron chi connectivity index (χ4n) is 3.58. The van der Waals surface area contributed by atoms with Crippen molar-refractivity contribution in [1.29, 1.82) is 0 Å². The highest BCUT2D eigenvalue weighted by atomic mass is 32.2. The van der Waals surface area contributed by atoms with Gasteiger partial charge in [-0.1, -0.05) is 29.8 Å². The molecule has 0 amide bonds. The summed E-state index contributed by atoms with van der Waals surface area (Å²) >= 11 is 0. The zero-order chi connectivity index (χ0) is 24.0. The first-order valence-corrected chi connectivity index (χ1v) is 11.7. The van der Waals surface area contributed by atoms with Gasteiger partial charge in [-0.15, -0.1) is 0 Å². The summed E-state index contributed by atoms with van der Waals surface area (Å²) in [6.45, 7) is 1.87. The zero-order valence-electron chi connectivity index (χ0n) is 17.9. The summed E-state index contributed by atoms with van der Waals surface area (Å²) < 4.78 is 28.4. The quantitative estimate of drug-likeness (QED) is 0.267. The van der Waals surface area contributed by atoms with Gasteiger partial charge in [0.1, 0.15) is 16.2 Å². The molecule has 0 aliphatic heterocycles. The fourth-order valence-corrected chi connectivity index (χ4v) is 5.07. The van der Waals surface area contributed by atoms with Gasteiger partial charge in [-0.3, -0.25) is 0 Å². The lowest BCUT2D eigenvalue weighted by Crippen LogP contribution is -2.06. The Bertz CT molecular complexity index is 1710. The molecule has 5 rings (SSSR count). The van der Waals surface area contributed by atoms with E-state index in [-0.39, 0.29) is 38.3 Å². The Morgan fingerprint density at radius 2 is 1.62 bits per heavy atom. The summed E-state index contributed by atoms with van der Waals surface area (Å²) in [5.41, 5.74) is 9.05. The molecule has 2 aromatic heterocycles. The number of nitrogens with zero attached hydrogens (tertiary/aromatic N) is 4. The molecule has 0 fully saturated rings. The number of rotatable bonds is 4. The topological polar surface area (TPSA) is 144 Å². The molecule has 0 bridgehead atoms. The zero-order valence-corrected chi connectivity index (χ0v) is 18.7. The molecule has 0 aliphatic carbocycles. The third-order valence-electron chi connectivity index (χ3n) is 5.35. The number of para-hydroxylation sites is 2. The molecule has 3 aromatic carbocycles. The van der Waals surface area contributed by atoms with Crippen LogP contribution in [0.2, 0.25) is 0 Å². The predicted molar refractivity (Wildman–Crippen MR) is 129 cm³/mol. The molecule has 34 heavy (non-hydrogen) atoms. The third kappa shape index (κ3) is 3.50. The number of benzene rings is 3. The van der Waals surface area contributed by atoms with E-state index in [1.807, 2.05) is 6.92 Å². The number of hydrogen-bond donors (Lipinski definition) is 3. The Morgan fingerprint density at radius 1 is 0.941 bits per heavy atom. The van der Waals surface area contributed by atoms with E-state index in [0.717, 1.165) is 5.56 Å². The molecular weight excluding hydrogens is 454 g/mol. The molecule has 0 unspecified atom stereocenters. The van der Waals surface area contributed by atoms with Gasteiger partial charge >= 0.3 is 0 Å². The molecule has 0 saturated heterocycles. The molecule has 4 N–H and O–H groups in total. The van der Waals surface area contributed by atoms with Crippen LogP contribution in [0.5, 0.6) is 11.5 Å². The SMILES string of the molecule is Cc1ccc(S(=O)(=O)c2c(N)n(/N=C/c3ccc(O)c(O)c3)c3nc4ccccc4nc23)cc1. The van der Waals surface area contributed by atoms with Crippen molar-refractivity contribution in [3.05, 3.63) is 77.9 Å². The van der Waals surface area contributed by atoms with E-state index in [1.165, 1.54) is 41.2 Å². The smallest absolute Gasteiger partial charge is 0.212 e. The molecule has 0 aliphatic rings. The number of phenolic OH excluding ortho intramolecular Hbond substituents is 2. The van der Waals surface area contributed by atoms with Gasteiger partial charge in [-0.05, 0) is 55.0 Å².